The molecule has 0 aliphatic rings. The molecule has 37 heavy (non-hydrogen) atoms. The summed E-state index contributed by atoms with van der Waals surface area (Å²) in [5.41, 5.74) is 5.14. The van der Waals surface area contributed by atoms with Gasteiger partial charge in [-0.3, -0.25) is 4.57 Å². The minimum Gasteiger partial charge on any atom is -0.497 e. The van der Waals surface area contributed by atoms with Crippen LogP contribution in [-0.2, 0) is 18.2 Å². The van der Waals surface area contributed by atoms with Gasteiger partial charge < -0.3 is 4.74 Å². The van der Waals surface area contributed by atoms with Gasteiger partial charge in [0.25, 0.3) is 0 Å². The number of rotatable bonds is 11. The quantitative estimate of drug-likeness (QED) is 0.192. The van der Waals surface area contributed by atoms with Crippen molar-refractivity contribution >= 4 is 21.8 Å². The topological polar surface area (TPSA) is 27.1 Å². The fourth-order valence-corrected chi connectivity index (χ4v) is 5.27. The number of aryl methyl sites for hydroxylation is 1. The predicted octanol–water partition coefficient (Wildman–Crippen LogP) is 9.59. The molecule has 198 valence electrons. The third kappa shape index (κ3) is 6.03. The van der Waals surface area contributed by atoms with Gasteiger partial charge in [-0.05, 0) is 77.6 Å². The first-order valence-electron chi connectivity index (χ1n) is 15.1. The molecule has 0 saturated heterocycles. The number of hydrogen-bond donors (Lipinski definition) is 0. The average molecular weight is 501 g/mol. The van der Waals surface area contributed by atoms with E-state index in [0.717, 1.165) is 57.3 Å². The van der Waals surface area contributed by atoms with Crippen LogP contribution >= 0.6 is 0 Å². The molecule has 0 unspecified atom stereocenters. The average Bonchev–Trinajstić information content (AvgIpc) is 3.23. The van der Waals surface area contributed by atoms with Crippen LogP contribution in [0.4, 0.5) is 0 Å². The number of pyridine rings is 1. The second-order valence-corrected chi connectivity index (χ2v) is 11.7. The van der Waals surface area contributed by atoms with Gasteiger partial charge in [0.1, 0.15) is 11.6 Å². The number of unbranched alkanes of at least 4 members (excludes halogenated alkanes) is 5. The van der Waals surface area contributed by atoms with E-state index in [1.54, 1.807) is 7.11 Å². The number of ether oxygens (including phenoxy) is 1. The van der Waals surface area contributed by atoms with E-state index in [-0.39, 0.29) is 11.3 Å². The van der Waals surface area contributed by atoms with E-state index in [0.29, 0.717) is 0 Å². The van der Waals surface area contributed by atoms with Crippen LogP contribution in [0.3, 0.4) is 0 Å². The molecule has 4 aromatic rings. The number of benzene rings is 2. The molecule has 0 atom stereocenters. The Balaban J connectivity index is 1.98. The van der Waals surface area contributed by atoms with Gasteiger partial charge in [0.05, 0.1) is 18.1 Å². The first-order valence-corrected chi connectivity index (χ1v) is 14.1. The van der Waals surface area contributed by atoms with Gasteiger partial charge in [0, 0.05) is 25.8 Å². The van der Waals surface area contributed by atoms with Crippen molar-refractivity contribution in [2.24, 2.45) is 5.92 Å². The third-order valence-electron chi connectivity index (χ3n) is 7.30. The van der Waals surface area contributed by atoms with Crippen molar-refractivity contribution in [3.8, 4) is 11.6 Å². The second kappa shape index (κ2) is 11.7. The Labute approximate surface area is 227 Å². The molecule has 2 heterocycles. The van der Waals surface area contributed by atoms with Crippen LogP contribution in [0, 0.1) is 5.92 Å². The van der Waals surface area contributed by atoms with Crippen molar-refractivity contribution in [3.05, 3.63) is 65.4 Å². The van der Waals surface area contributed by atoms with Crippen molar-refractivity contribution in [1.29, 1.82) is 0 Å². The Bertz CT molecular complexity index is 1430. The lowest BCUT2D eigenvalue weighted by Gasteiger charge is -2.20. The van der Waals surface area contributed by atoms with Gasteiger partial charge in [-0.15, -0.1) is 0 Å². The maximum atomic E-state index is 9.32. The zero-order valence-corrected chi connectivity index (χ0v) is 23.9. The van der Waals surface area contributed by atoms with Gasteiger partial charge in [-0.2, -0.15) is 0 Å². The molecule has 0 bridgehead atoms. The molecule has 3 nitrogen and oxygen atoms in total. The van der Waals surface area contributed by atoms with Gasteiger partial charge in [0.15, 0.2) is 0 Å². The monoisotopic (exact) mass is 500 g/mol. The zero-order valence-electron chi connectivity index (χ0n) is 25.9. The predicted molar refractivity (Wildman–Crippen MR) is 159 cm³/mol. The van der Waals surface area contributed by atoms with E-state index < -0.39 is 6.37 Å². The molecular formula is C34H46N2O. The number of methoxy groups -OCH3 is 1. The van der Waals surface area contributed by atoms with Gasteiger partial charge in [-0.25, -0.2) is 4.98 Å². The maximum absolute atomic E-state index is 9.32. The lowest BCUT2D eigenvalue weighted by molar-refractivity contribution is 0.415. The minimum absolute atomic E-state index is 0.0151. The largest absolute Gasteiger partial charge is 0.497 e. The summed E-state index contributed by atoms with van der Waals surface area (Å²) in [6.45, 7) is 12.9. The van der Waals surface area contributed by atoms with Crippen molar-refractivity contribution in [1.82, 2.24) is 9.55 Å². The van der Waals surface area contributed by atoms with Crippen LogP contribution < -0.4 is 4.74 Å². The Morgan fingerprint density at radius 2 is 1.70 bits per heavy atom. The van der Waals surface area contributed by atoms with Gasteiger partial charge in [0.2, 0.25) is 0 Å². The smallest absolute Gasteiger partial charge is 0.137 e. The maximum Gasteiger partial charge on any atom is 0.137 e. The standard InChI is InChI=1S/C34H46N2O/c1-8-9-10-11-12-13-14-25-15-18-30-33(29(25)21-24(2)3)28-17-16-27(37-7)23-31(28)36(30)32-22-26(19-20-35-32)34(4,5)6/h15-20,22-24H,8-14,21H2,1-7H3/i21D2. The van der Waals surface area contributed by atoms with Crippen LogP contribution in [-0.4, -0.2) is 16.7 Å². The summed E-state index contributed by atoms with van der Waals surface area (Å²) in [6, 6.07) is 14.7. The van der Waals surface area contributed by atoms with E-state index in [4.69, 9.17) is 9.72 Å². The molecule has 0 amide bonds. The number of fused-ring (bicyclic) bond motifs is 3. The molecule has 0 N–H and O–H groups in total. The molecular weight excluding hydrogens is 452 g/mol. The second-order valence-electron chi connectivity index (χ2n) is 11.7. The van der Waals surface area contributed by atoms with Gasteiger partial charge >= 0.3 is 0 Å². The summed E-state index contributed by atoms with van der Waals surface area (Å²) in [5, 5.41) is 2.04. The summed E-state index contributed by atoms with van der Waals surface area (Å²) in [6.07, 6.45) is 8.64. The van der Waals surface area contributed by atoms with Crippen molar-refractivity contribution in [3.63, 3.8) is 0 Å². The van der Waals surface area contributed by atoms with Crippen LogP contribution in [0.2, 0.25) is 0 Å². The SMILES string of the molecule is [2H]C([2H])(c1c(CCCCCCCC)ccc2c1c1ccc(OC)cc1n2-c1cc(C(C)(C)C)ccn1)C(C)C. The van der Waals surface area contributed by atoms with E-state index >= 15 is 0 Å². The lowest BCUT2D eigenvalue weighted by atomic mass is 9.88. The Morgan fingerprint density at radius 1 is 0.946 bits per heavy atom. The number of nitrogens with zero attached hydrogens (tertiary/aromatic N) is 2. The normalized spacial score (nSPS) is 13.4. The summed E-state index contributed by atoms with van der Waals surface area (Å²) in [5.74, 6) is 1.46. The number of aromatic nitrogens is 2. The highest BCUT2D eigenvalue weighted by atomic mass is 16.5. The van der Waals surface area contributed by atoms with E-state index in [1.807, 2.05) is 26.1 Å². The first-order chi connectivity index (χ1) is 18.5. The highest BCUT2D eigenvalue weighted by Crippen LogP contribution is 2.38. The summed E-state index contributed by atoms with van der Waals surface area (Å²) >= 11 is 0. The molecule has 0 aliphatic carbocycles. The summed E-state index contributed by atoms with van der Waals surface area (Å²) < 4.78 is 26.5. The first kappa shape index (κ1) is 24.5. The Morgan fingerprint density at radius 3 is 2.41 bits per heavy atom. The fraction of sp³-hybridized carbons (Fsp3) is 0.500. The van der Waals surface area contributed by atoms with E-state index in [1.165, 1.54) is 37.7 Å². The van der Waals surface area contributed by atoms with E-state index in [9.17, 15) is 2.74 Å². The van der Waals surface area contributed by atoms with Crippen molar-refractivity contribution in [2.45, 2.75) is 98.3 Å². The molecule has 3 heteroatoms. The minimum atomic E-state index is -1.48. The zero-order chi connectivity index (χ0) is 28.4. The van der Waals surface area contributed by atoms with Crippen molar-refractivity contribution < 1.29 is 7.48 Å². The van der Waals surface area contributed by atoms with Crippen LogP contribution in [0.25, 0.3) is 27.6 Å². The van der Waals surface area contributed by atoms with E-state index in [2.05, 4.69) is 68.7 Å². The third-order valence-corrected chi connectivity index (χ3v) is 7.30. The number of hydrogen-bond acceptors (Lipinski definition) is 2. The summed E-state index contributed by atoms with van der Waals surface area (Å²) in [4.78, 5) is 4.81. The fourth-order valence-electron chi connectivity index (χ4n) is 5.27. The summed E-state index contributed by atoms with van der Waals surface area (Å²) in [7, 11) is 1.69. The molecule has 0 spiro atoms. The molecule has 2 aromatic heterocycles. The highest BCUT2D eigenvalue weighted by molar-refractivity contribution is 6.11. The lowest BCUT2D eigenvalue weighted by Crippen LogP contribution is -2.12. The Hall–Kier alpha value is -2.81. The molecule has 0 saturated carbocycles. The van der Waals surface area contributed by atoms with Crippen LogP contribution in [0.5, 0.6) is 5.75 Å². The molecule has 0 fully saturated rings. The van der Waals surface area contributed by atoms with Crippen LogP contribution in [0.1, 0.15) is 99.5 Å². The van der Waals surface area contributed by atoms with Crippen molar-refractivity contribution in [2.75, 3.05) is 7.11 Å². The Kier molecular flexibility index (Phi) is 7.76. The molecule has 2 aromatic carbocycles. The molecule has 0 radical (unpaired) electrons. The molecule has 4 rings (SSSR count). The van der Waals surface area contributed by atoms with Gasteiger partial charge in [-0.1, -0.05) is 79.7 Å². The van der Waals surface area contributed by atoms with Crippen LogP contribution in [0.15, 0.2) is 48.7 Å². The molecule has 0 aliphatic heterocycles. The highest BCUT2D eigenvalue weighted by Gasteiger charge is 2.21.